The summed E-state index contributed by atoms with van der Waals surface area (Å²) < 4.78 is 6.01. The highest BCUT2D eigenvalue weighted by molar-refractivity contribution is 9.10. The molecule has 29 heavy (non-hydrogen) atoms. The Balaban J connectivity index is 1.68. The average molecular weight is 452 g/mol. The molecule has 0 heterocycles. The van der Waals surface area contributed by atoms with Gasteiger partial charge in [-0.1, -0.05) is 64.0 Å². The Morgan fingerprint density at radius 2 is 1.48 bits per heavy atom. The van der Waals surface area contributed by atoms with Crippen molar-refractivity contribution >= 4 is 39.3 Å². The second kappa shape index (κ2) is 9.30. The average Bonchev–Trinajstić information content (AvgIpc) is 2.74. The van der Waals surface area contributed by atoms with Gasteiger partial charge >= 0.3 is 5.97 Å². The minimum atomic E-state index is -0.730. The molecule has 0 bridgehead atoms. The van der Waals surface area contributed by atoms with Crippen LogP contribution in [0.25, 0.3) is 0 Å². The number of hydrogen-bond donors (Lipinski definition) is 1. The summed E-state index contributed by atoms with van der Waals surface area (Å²) >= 11 is 3.32. The third-order valence-corrected chi connectivity index (χ3v) is 4.70. The van der Waals surface area contributed by atoms with E-state index in [4.69, 9.17) is 4.74 Å². The van der Waals surface area contributed by atoms with Gasteiger partial charge in [0.15, 0.2) is 12.4 Å². The van der Waals surface area contributed by atoms with Gasteiger partial charge in [-0.25, -0.2) is 4.79 Å². The van der Waals surface area contributed by atoms with Gasteiger partial charge in [-0.05, 0) is 37.3 Å². The van der Waals surface area contributed by atoms with Crippen molar-refractivity contribution in [1.29, 1.82) is 0 Å². The van der Waals surface area contributed by atoms with Gasteiger partial charge in [-0.3, -0.25) is 9.59 Å². The Morgan fingerprint density at radius 1 is 0.862 bits per heavy atom. The Labute approximate surface area is 176 Å². The zero-order valence-electron chi connectivity index (χ0n) is 15.6. The predicted octanol–water partition coefficient (Wildman–Crippen LogP) is 4.78. The number of anilines is 1. The molecule has 1 N–H and O–H groups in total. The number of ether oxygens (including phenoxy) is 1. The van der Waals surface area contributed by atoms with E-state index in [0.717, 1.165) is 10.0 Å². The zero-order chi connectivity index (χ0) is 20.8. The molecule has 0 saturated carbocycles. The Kier molecular flexibility index (Phi) is 6.57. The van der Waals surface area contributed by atoms with Crippen LogP contribution in [0.3, 0.4) is 0 Å². The van der Waals surface area contributed by atoms with Gasteiger partial charge in [0.05, 0.1) is 5.56 Å². The smallest absolute Gasteiger partial charge is 0.339 e. The van der Waals surface area contributed by atoms with Crippen LogP contribution < -0.4 is 5.32 Å². The normalized spacial score (nSPS) is 10.3. The molecule has 1 amide bonds. The van der Waals surface area contributed by atoms with Gasteiger partial charge in [-0.15, -0.1) is 0 Å². The fraction of sp³-hybridized carbons (Fsp3) is 0.0870. The lowest BCUT2D eigenvalue weighted by Gasteiger charge is -2.10. The van der Waals surface area contributed by atoms with E-state index >= 15 is 0 Å². The van der Waals surface area contributed by atoms with E-state index in [0.29, 0.717) is 11.3 Å². The second-order valence-corrected chi connectivity index (χ2v) is 7.29. The highest BCUT2D eigenvalue weighted by Gasteiger charge is 2.19. The van der Waals surface area contributed by atoms with E-state index in [-0.39, 0.29) is 16.9 Å². The van der Waals surface area contributed by atoms with Crippen molar-refractivity contribution in [2.75, 3.05) is 11.9 Å². The summed E-state index contributed by atoms with van der Waals surface area (Å²) in [6, 6.07) is 20.5. The van der Waals surface area contributed by atoms with Crippen LogP contribution in [0.4, 0.5) is 5.69 Å². The van der Waals surface area contributed by atoms with Crippen molar-refractivity contribution in [3.63, 3.8) is 0 Å². The molecule has 0 spiro atoms. The van der Waals surface area contributed by atoms with E-state index in [1.165, 1.54) is 6.07 Å². The summed E-state index contributed by atoms with van der Waals surface area (Å²) in [6.07, 6.45) is 0. The number of ketones is 1. The lowest BCUT2D eigenvalue weighted by molar-refractivity contribution is -0.119. The van der Waals surface area contributed by atoms with Crippen LogP contribution in [0.5, 0.6) is 0 Å². The summed E-state index contributed by atoms with van der Waals surface area (Å²) in [6.45, 7) is 1.47. The summed E-state index contributed by atoms with van der Waals surface area (Å²) in [5.41, 5.74) is 2.45. The van der Waals surface area contributed by atoms with Crippen LogP contribution >= 0.6 is 15.9 Å². The molecule has 0 aliphatic heterocycles. The monoisotopic (exact) mass is 451 g/mol. The molecule has 0 aliphatic rings. The lowest BCUT2D eigenvalue weighted by Crippen LogP contribution is -2.22. The second-order valence-electron chi connectivity index (χ2n) is 6.37. The highest BCUT2D eigenvalue weighted by Crippen LogP contribution is 2.17. The standard InChI is InChI=1S/C23H18BrNO4/c1-15-6-8-16(9-7-15)22(27)19-4-2-3-5-20(19)23(28)29-14-21(26)25-18-12-10-17(24)11-13-18/h2-13H,14H2,1H3,(H,25,26). The number of rotatable bonds is 6. The number of carbonyl (C=O) groups excluding carboxylic acids is 3. The van der Waals surface area contributed by atoms with Gasteiger partial charge in [0, 0.05) is 21.3 Å². The van der Waals surface area contributed by atoms with E-state index in [2.05, 4.69) is 21.2 Å². The van der Waals surface area contributed by atoms with Gasteiger partial charge < -0.3 is 10.1 Å². The van der Waals surface area contributed by atoms with Crippen molar-refractivity contribution in [1.82, 2.24) is 0 Å². The summed E-state index contributed by atoms with van der Waals surface area (Å²) in [5, 5.41) is 2.64. The minimum absolute atomic E-state index is 0.120. The van der Waals surface area contributed by atoms with Gasteiger partial charge in [0.25, 0.3) is 5.91 Å². The molecule has 0 unspecified atom stereocenters. The molecule has 0 atom stereocenters. The van der Waals surface area contributed by atoms with Crippen LogP contribution in [-0.4, -0.2) is 24.3 Å². The lowest BCUT2D eigenvalue weighted by atomic mass is 9.98. The molecule has 0 saturated heterocycles. The van der Waals surface area contributed by atoms with Crippen LogP contribution in [0.2, 0.25) is 0 Å². The largest absolute Gasteiger partial charge is 0.452 e. The quantitative estimate of drug-likeness (QED) is 0.432. The fourth-order valence-corrected chi connectivity index (χ4v) is 2.92. The van der Waals surface area contributed by atoms with E-state index in [1.54, 1.807) is 54.6 Å². The maximum absolute atomic E-state index is 12.8. The predicted molar refractivity (Wildman–Crippen MR) is 114 cm³/mol. The first kappa shape index (κ1) is 20.5. The van der Waals surface area contributed by atoms with Crippen molar-refractivity contribution < 1.29 is 19.1 Å². The third-order valence-electron chi connectivity index (χ3n) is 4.17. The Morgan fingerprint density at radius 3 is 2.14 bits per heavy atom. The summed E-state index contributed by atoms with van der Waals surface area (Å²) in [5.74, 6) is -1.48. The highest BCUT2D eigenvalue weighted by atomic mass is 79.9. The van der Waals surface area contributed by atoms with E-state index < -0.39 is 18.5 Å². The molecule has 0 aliphatic carbocycles. The van der Waals surface area contributed by atoms with Gasteiger partial charge in [0.1, 0.15) is 0 Å². The summed E-state index contributed by atoms with van der Waals surface area (Å²) in [7, 11) is 0. The van der Waals surface area contributed by atoms with E-state index in [9.17, 15) is 14.4 Å². The zero-order valence-corrected chi connectivity index (χ0v) is 17.2. The van der Waals surface area contributed by atoms with Gasteiger partial charge in [-0.2, -0.15) is 0 Å². The minimum Gasteiger partial charge on any atom is -0.452 e. The molecular formula is C23H18BrNO4. The number of halogens is 1. The first-order valence-electron chi connectivity index (χ1n) is 8.87. The Hall–Kier alpha value is -3.25. The first-order chi connectivity index (χ1) is 13.9. The number of aryl methyl sites for hydroxylation is 1. The summed E-state index contributed by atoms with van der Waals surface area (Å²) in [4.78, 5) is 37.3. The molecular weight excluding hydrogens is 434 g/mol. The number of carbonyl (C=O) groups is 3. The number of esters is 1. The van der Waals surface area contributed by atoms with Crippen molar-refractivity contribution in [3.05, 3.63) is 99.5 Å². The molecule has 0 aromatic heterocycles. The maximum Gasteiger partial charge on any atom is 0.339 e. The topological polar surface area (TPSA) is 72.5 Å². The van der Waals surface area contributed by atoms with Crippen molar-refractivity contribution in [3.8, 4) is 0 Å². The Bertz CT molecular complexity index is 1040. The SMILES string of the molecule is Cc1ccc(C(=O)c2ccccc2C(=O)OCC(=O)Nc2ccc(Br)cc2)cc1. The number of amides is 1. The number of benzene rings is 3. The molecule has 146 valence electrons. The van der Waals surface area contributed by atoms with Crippen LogP contribution in [0, 0.1) is 6.92 Å². The van der Waals surface area contributed by atoms with Crippen LogP contribution in [0.15, 0.2) is 77.3 Å². The molecule has 6 heteroatoms. The van der Waals surface area contributed by atoms with Crippen LogP contribution in [0.1, 0.15) is 31.8 Å². The first-order valence-corrected chi connectivity index (χ1v) is 9.66. The fourth-order valence-electron chi connectivity index (χ4n) is 2.66. The maximum atomic E-state index is 12.8. The number of nitrogens with one attached hydrogen (secondary N) is 1. The van der Waals surface area contributed by atoms with Crippen molar-refractivity contribution in [2.45, 2.75) is 6.92 Å². The van der Waals surface area contributed by atoms with Crippen molar-refractivity contribution in [2.24, 2.45) is 0 Å². The molecule has 0 fully saturated rings. The molecule has 3 rings (SSSR count). The van der Waals surface area contributed by atoms with Gasteiger partial charge in [0.2, 0.25) is 0 Å². The molecule has 3 aromatic carbocycles. The molecule has 5 nitrogen and oxygen atoms in total. The third kappa shape index (κ3) is 5.39. The van der Waals surface area contributed by atoms with E-state index in [1.807, 2.05) is 19.1 Å². The van der Waals surface area contributed by atoms with Crippen LogP contribution in [-0.2, 0) is 9.53 Å². The number of hydrogen-bond acceptors (Lipinski definition) is 4. The molecule has 0 radical (unpaired) electrons. The molecule has 3 aromatic rings.